The van der Waals surface area contributed by atoms with Crippen LogP contribution in [-0.4, -0.2) is 32.9 Å². The van der Waals surface area contributed by atoms with Gasteiger partial charge in [0.2, 0.25) is 0 Å². The molecule has 0 saturated carbocycles. The zero-order valence-electron chi connectivity index (χ0n) is 7.85. The fraction of sp³-hybridized carbons (Fsp3) is 0.222. The zero-order chi connectivity index (χ0) is 10.7. The molecule has 78 valence electrons. The molecule has 6 heteroatoms. The number of rotatable bonds is 3. The molecule has 2 aromatic heterocycles. The van der Waals surface area contributed by atoms with Crippen LogP contribution in [0.4, 0.5) is 0 Å². The van der Waals surface area contributed by atoms with Crippen molar-refractivity contribution in [2.24, 2.45) is 0 Å². The minimum atomic E-state index is -0.182. The number of fused-ring (bicyclic) bond motifs is 1. The summed E-state index contributed by atoms with van der Waals surface area (Å²) in [4.78, 5) is 15.6. The molecule has 0 aliphatic heterocycles. The Bertz CT molecular complexity index is 482. The van der Waals surface area contributed by atoms with Crippen LogP contribution in [0, 0.1) is 0 Å². The third-order valence-electron chi connectivity index (χ3n) is 1.95. The molecule has 0 aliphatic rings. The average Bonchev–Trinajstić information content (AvgIpc) is 2.69. The van der Waals surface area contributed by atoms with Gasteiger partial charge in [-0.05, 0) is 0 Å². The molecular weight excluding hydrogens is 216 g/mol. The van der Waals surface area contributed by atoms with Crippen molar-refractivity contribution < 1.29 is 4.79 Å². The number of halogens is 1. The van der Waals surface area contributed by atoms with Gasteiger partial charge >= 0.3 is 0 Å². The zero-order valence-corrected chi connectivity index (χ0v) is 8.61. The summed E-state index contributed by atoms with van der Waals surface area (Å²) in [6, 6.07) is 0. The molecule has 0 bridgehead atoms. The van der Waals surface area contributed by atoms with Gasteiger partial charge in [0.05, 0.1) is 23.5 Å². The molecule has 0 spiro atoms. The van der Waals surface area contributed by atoms with Crippen molar-refractivity contribution in [3.63, 3.8) is 0 Å². The number of carbonyl (C=O) groups excluding carboxylic acids is 1. The van der Waals surface area contributed by atoms with Gasteiger partial charge < -0.3 is 5.32 Å². The number of nitrogens with one attached hydrogen (secondary N) is 1. The molecule has 0 fully saturated rings. The smallest absolute Gasteiger partial charge is 0.255 e. The van der Waals surface area contributed by atoms with Crippen LogP contribution in [0.5, 0.6) is 0 Å². The van der Waals surface area contributed by atoms with E-state index < -0.39 is 0 Å². The Morgan fingerprint density at radius 2 is 2.40 bits per heavy atom. The maximum atomic E-state index is 11.6. The summed E-state index contributed by atoms with van der Waals surface area (Å²) in [5, 5.41) is 6.71. The van der Waals surface area contributed by atoms with Gasteiger partial charge in [0.1, 0.15) is 0 Å². The summed E-state index contributed by atoms with van der Waals surface area (Å²) in [7, 11) is 0. The number of carbonyl (C=O) groups is 1. The number of alkyl halides is 1. The summed E-state index contributed by atoms with van der Waals surface area (Å²) in [6.45, 7) is 0.442. The van der Waals surface area contributed by atoms with Crippen molar-refractivity contribution in [2.75, 3.05) is 12.4 Å². The summed E-state index contributed by atoms with van der Waals surface area (Å²) < 4.78 is 1.60. The lowest BCUT2D eigenvalue weighted by Crippen LogP contribution is -2.25. The maximum absolute atomic E-state index is 11.6. The van der Waals surface area contributed by atoms with Crippen LogP contribution in [0.25, 0.3) is 5.52 Å². The molecule has 2 aromatic rings. The second-order valence-electron chi connectivity index (χ2n) is 2.91. The molecule has 0 aromatic carbocycles. The predicted octanol–water partition coefficient (Wildman–Crippen LogP) is 0.698. The fourth-order valence-electron chi connectivity index (χ4n) is 1.27. The van der Waals surface area contributed by atoms with E-state index in [1.165, 1.54) is 6.20 Å². The SMILES string of the molecule is O=C(NCCCl)c1cnn2ccncc12. The van der Waals surface area contributed by atoms with Gasteiger partial charge in [0.15, 0.2) is 0 Å². The van der Waals surface area contributed by atoms with Gasteiger partial charge in [-0.1, -0.05) is 0 Å². The van der Waals surface area contributed by atoms with Gasteiger partial charge in [-0.25, -0.2) is 4.52 Å². The number of aromatic nitrogens is 3. The molecule has 0 unspecified atom stereocenters. The van der Waals surface area contributed by atoms with Crippen molar-refractivity contribution in [3.05, 3.63) is 30.4 Å². The number of hydrogen-bond donors (Lipinski definition) is 1. The Labute approximate surface area is 91.1 Å². The van der Waals surface area contributed by atoms with Crippen LogP contribution >= 0.6 is 11.6 Å². The van der Waals surface area contributed by atoms with E-state index >= 15 is 0 Å². The monoisotopic (exact) mass is 224 g/mol. The standard InChI is InChI=1S/C9H9ClN4O/c10-1-2-12-9(15)7-5-13-14-4-3-11-6-8(7)14/h3-6H,1-2H2,(H,12,15). The van der Waals surface area contributed by atoms with Crippen molar-refractivity contribution >= 4 is 23.0 Å². The lowest BCUT2D eigenvalue weighted by atomic mass is 10.3. The molecule has 1 N–H and O–H groups in total. The van der Waals surface area contributed by atoms with E-state index in [2.05, 4.69) is 15.4 Å². The molecule has 0 radical (unpaired) electrons. The topological polar surface area (TPSA) is 59.3 Å². The third-order valence-corrected chi connectivity index (χ3v) is 2.14. The predicted molar refractivity (Wildman–Crippen MR) is 56.0 cm³/mol. The highest BCUT2D eigenvalue weighted by atomic mass is 35.5. The van der Waals surface area contributed by atoms with Crippen LogP contribution in [0.2, 0.25) is 0 Å². The Balaban J connectivity index is 2.31. The molecule has 2 rings (SSSR count). The van der Waals surface area contributed by atoms with Crippen LogP contribution in [0.3, 0.4) is 0 Å². The Hall–Kier alpha value is -1.62. The Morgan fingerprint density at radius 3 is 3.20 bits per heavy atom. The summed E-state index contributed by atoms with van der Waals surface area (Å²) in [5.74, 6) is 0.210. The maximum Gasteiger partial charge on any atom is 0.255 e. The fourth-order valence-corrected chi connectivity index (χ4v) is 1.36. The highest BCUT2D eigenvalue weighted by molar-refractivity contribution is 6.18. The number of amides is 1. The summed E-state index contributed by atoms with van der Waals surface area (Å²) in [6.07, 6.45) is 6.41. The largest absolute Gasteiger partial charge is 0.351 e. The third kappa shape index (κ3) is 1.92. The number of hydrogen-bond acceptors (Lipinski definition) is 3. The van der Waals surface area contributed by atoms with E-state index in [4.69, 9.17) is 11.6 Å². The van der Waals surface area contributed by atoms with E-state index in [-0.39, 0.29) is 5.91 Å². The van der Waals surface area contributed by atoms with Crippen molar-refractivity contribution in [3.8, 4) is 0 Å². The van der Waals surface area contributed by atoms with E-state index in [1.54, 1.807) is 23.1 Å². The molecule has 5 nitrogen and oxygen atoms in total. The molecule has 0 atom stereocenters. The molecule has 0 aliphatic carbocycles. The molecule has 0 saturated heterocycles. The first-order chi connectivity index (χ1) is 7.33. The highest BCUT2D eigenvalue weighted by Crippen LogP contribution is 2.07. The first kappa shape index (κ1) is 9.92. The second kappa shape index (κ2) is 4.27. The number of nitrogens with zero attached hydrogens (tertiary/aromatic N) is 3. The quantitative estimate of drug-likeness (QED) is 0.781. The van der Waals surface area contributed by atoms with Crippen LogP contribution < -0.4 is 5.32 Å². The minimum Gasteiger partial charge on any atom is -0.351 e. The van der Waals surface area contributed by atoms with Crippen LogP contribution in [-0.2, 0) is 0 Å². The van der Waals surface area contributed by atoms with Gasteiger partial charge in [-0.3, -0.25) is 9.78 Å². The van der Waals surface area contributed by atoms with Gasteiger partial charge in [0.25, 0.3) is 5.91 Å². The molecule has 1 amide bonds. The first-order valence-electron chi connectivity index (χ1n) is 4.44. The van der Waals surface area contributed by atoms with Crippen LogP contribution in [0.1, 0.15) is 10.4 Å². The van der Waals surface area contributed by atoms with Gasteiger partial charge in [-0.15, -0.1) is 11.6 Å². The minimum absolute atomic E-state index is 0.182. The van der Waals surface area contributed by atoms with E-state index in [0.29, 0.717) is 23.5 Å². The summed E-state index contributed by atoms with van der Waals surface area (Å²) in [5.41, 5.74) is 1.19. The lowest BCUT2D eigenvalue weighted by molar-refractivity contribution is 0.0957. The van der Waals surface area contributed by atoms with Crippen molar-refractivity contribution in [1.29, 1.82) is 0 Å². The Morgan fingerprint density at radius 1 is 1.53 bits per heavy atom. The van der Waals surface area contributed by atoms with Gasteiger partial charge in [0, 0.05) is 24.8 Å². The van der Waals surface area contributed by atoms with E-state index in [0.717, 1.165) is 0 Å². The highest BCUT2D eigenvalue weighted by Gasteiger charge is 2.11. The van der Waals surface area contributed by atoms with Crippen molar-refractivity contribution in [2.45, 2.75) is 0 Å². The average molecular weight is 225 g/mol. The molecule has 15 heavy (non-hydrogen) atoms. The normalized spacial score (nSPS) is 10.5. The van der Waals surface area contributed by atoms with E-state index in [1.807, 2.05) is 0 Å². The first-order valence-corrected chi connectivity index (χ1v) is 4.98. The van der Waals surface area contributed by atoms with Crippen molar-refractivity contribution in [1.82, 2.24) is 19.9 Å². The Kier molecular flexibility index (Phi) is 2.82. The molecule has 2 heterocycles. The molecular formula is C9H9ClN4O. The lowest BCUT2D eigenvalue weighted by Gasteiger charge is -2.00. The summed E-state index contributed by atoms with van der Waals surface area (Å²) >= 11 is 5.48. The van der Waals surface area contributed by atoms with E-state index in [9.17, 15) is 4.79 Å². The van der Waals surface area contributed by atoms with Gasteiger partial charge in [-0.2, -0.15) is 5.10 Å². The second-order valence-corrected chi connectivity index (χ2v) is 3.29. The van der Waals surface area contributed by atoms with Crippen LogP contribution in [0.15, 0.2) is 24.8 Å².